The van der Waals surface area contributed by atoms with Crippen molar-refractivity contribution in [1.29, 1.82) is 0 Å². The maximum atomic E-state index is 11.9. The molecule has 0 aliphatic carbocycles. The van der Waals surface area contributed by atoms with Crippen LogP contribution in [0.1, 0.15) is 51.1 Å². The molecule has 1 aromatic carbocycles. The zero-order valence-electron chi connectivity index (χ0n) is 13.2. The number of ketones is 1. The van der Waals surface area contributed by atoms with E-state index in [0.717, 1.165) is 13.1 Å². The van der Waals surface area contributed by atoms with Gasteiger partial charge < -0.3 is 5.11 Å². The lowest BCUT2D eigenvalue weighted by molar-refractivity contribution is -0.124. The SMILES string of the molecule is CC(=O)C(CC(c1ccccc1)N1CCCCC1)C(C)O. The van der Waals surface area contributed by atoms with Crippen molar-refractivity contribution in [3.63, 3.8) is 0 Å². The summed E-state index contributed by atoms with van der Waals surface area (Å²) >= 11 is 0. The molecule has 1 aromatic rings. The molecular weight excluding hydrogens is 262 g/mol. The van der Waals surface area contributed by atoms with Crippen LogP contribution in [0.25, 0.3) is 0 Å². The van der Waals surface area contributed by atoms with Gasteiger partial charge in [0.25, 0.3) is 0 Å². The first kappa shape index (κ1) is 16.2. The molecule has 0 radical (unpaired) electrons. The van der Waals surface area contributed by atoms with Gasteiger partial charge in [-0.1, -0.05) is 36.8 Å². The highest BCUT2D eigenvalue weighted by Crippen LogP contribution is 2.31. The van der Waals surface area contributed by atoms with Crippen molar-refractivity contribution in [3.8, 4) is 0 Å². The smallest absolute Gasteiger partial charge is 0.135 e. The lowest BCUT2D eigenvalue weighted by Gasteiger charge is -2.37. The molecule has 2 rings (SSSR count). The van der Waals surface area contributed by atoms with E-state index >= 15 is 0 Å². The van der Waals surface area contributed by atoms with Gasteiger partial charge >= 0.3 is 0 Å². The Hall–Kier alpha value is -1.19. The molecule has 0 aromatic heterocycles. The summed E-state index contributed by atoms with van der Waals surface area (Å²) < 4.78 is 0. The van der Waals surface area contributed by atoms with Gasteiger partial charge in [0, 0.05) is 12.0 Å². The largest absolute Gasteiger partial charge is 0.393 e. The molecule has 1 N–H and O–H groups in total. The Kier molecular flexibility index (Phi) is 5.95. The maximum absolute atomic E-state index is 11.9. The van der Waals surface area contributed by atoms with Crippen LogP contribution in [0.5, 0.6) is 0 Å². The molecule has 1 aliphatic heterocycles. The molecule has 1 fully saturated rings. The van der Waals surface area contributed by atoms with Crippen LogP contribution >= 0.6 is 0 Å². The summed E-state index contributed by atoms with van der Waals surface area (Å²) in [6.07, 6.45) is 3.87. The molecule has 116 valence electrons. The second-order valence-electron chi connectivity index (χ2n) is 6.22. The van der Waals surface area contributed by atoms with E-state index in [4.69, 9.17) is 0 Å². The number of likely N-dealkylation sites (tertiary alicyclic amines) is 1. The number of benzene rings is 1. The molecule has 0 bridgehead atoms. The second kappa shape index (κ2) is 7.71. The predicted octanol–water partition coefficient (Wildman–Crippen LogP) is 3.19. The quantitative estimate of drug-likeness (QED) is 0.874. The summed E-state index contributed by atoms with van der Waals surface area (Å²) in [6.45, 7) is 5.49. The number of hydrogen-bond donors (Lipinski definition) is 1. The number of piperidine rings is 1. The fourth-order valence-corrected chi connectivity index (χ4v) is 3.34. The van der Waals surface area contributed by atoms with Crippen molar-refractivity contribution in [1.82, 2.24) is 4.90 Å². The molecule has 0 amide bonds. The number of nitrogens with zero attached hydrogens (tertiary/aromatic N) is 1. The molecule has 0 spiro atoms. The van der Waals surface area contributed by atoms with Gasteiger partial charge in [0.05, 0.1) is 6.10 Å². The average molecular weight is 289 g/mol. The van der Waals surface area contributed by atoms with Crippen molar-refractivity contribution in [2.24, 2.45) is 5.92 Å². The summed E-state index contributed by atoms with van der Waals surface area (Å²) in [4.78, 5) is 14.3. The number of carbonyl (C=O) groups is 1. The molecule has 0 saturated carbocycles. The summed E-state index contributed by atoms with van der Waals surface area (Å²) in [5.41, 5.74) is 1.26. The van der Waals surface area contributed by atoms with Crippen LogP contribution in [-0.4, -0.2) is 35.0 Å². The third-order valence-electron chi connectivity index (χ3n) is 4.60. The third-order valence-corrected chi connectivity index (χ3v) is 4.60. The minimum Gasteiger partial charge on any atom is -0.393 e. The van der Waals surface area contributed by atoms with E-state index < -0.39 is 6.10 Å². The van der Waals surface area contributed by atoms with Crippen LogP contribution in [0.4, 0.5) is 0 Å². The Morgan fingerprint density at radius 1 is 1.19 bits per heavy atom. The second-order valence-corrected chi connectivity index (χ2v) is 6.22. The lowest BCUT2D eigenvalue weighted by Crippen LogP contribution is -2.37. The number of aliphatic hydroxyl groups is 1. The Labute approximate surface area is 128 Å². The van der Waals surface area contributed by atoms with Gasteiger partial charge in [-0.05, 0) is 51.8 Å². The molecule has 1 heterocycles. The van der Waals surface area contributed by atoms with Gasteiger partial charge in [-0.2, -0.15) is 0 Å². The highest BCUT2D eigenvalue weighted by atomic mass is 16.3. The first-order chi connectivity index (χ1) is 10.1. The average Bonchev–Trinajstić information content (AvgIpc) is 2.49. The molecule has 3 heteroatoms. The summed E-state index contributed by atoms with van der Waals surface area (Å²) in [6, 6.07) is 10.6. The van der Waals surface area contributed by atoms with E-state index in [-0.39, 0.29) is 17.7 Å². The fourth-order valence-electron chi connectivity index (χ4n) is 3.34. The van der Waals surface area contributed by atoms with E-state index in [1.54, 1.807) is 13.8 Å². The zero-order chi connectivity index (χ0) is 15.2. The minimum absolute atomic E-state index is 0.0861. The van der Waals surface area contributed by atoms with E-state index in [1.807, 2.05) is 6.07 Å². The first-order valence-corrected chi connectivity index (χ1v) is 8.07. The Bertz CT molecular complexity index is 438. The number of aliphatic hydroxyl groups excluding tert-OH is 1. The Balaban J connectivity index is 2.20. The molecule has 21 heavy (non-hydrogen) atoms. The van der Waals surface area contributed by atoms with Gasteiger partial charge in [0.2, 0.25) is 0 Å². The van der Waals surface area contributed by atoms with Gasteiger partial charge in [0.1, 0.15) is 5.78 Å². The van der Waals surface area contributed by atoms with Crippen LogP contribution in [0.15, 0.2) is 30.3 Å². The highest BCUT2D eigenvalue weighted by molar-refractivity contribution is 5.78. The summed E-state index contributed by atoms with van der Waals surface area (Å²) in [5.74, 6) is -0.194. The van der Waals surface area contributed by atoms with Gasteiger partial charge in [0.15, 0.2) is 0 Å². The molecule has 1 saturated heterocycles. The van der Waals surface area contributed by atoms with Crippen molar-refractivity contribution in [2.75, 3.05) is 13.1 Å². The normalized spacial score (nSPS) is 20.7. The molecular formula is C18H27NO2. The zero-order valence-corrected chi connectivity index (χ0v) is 13.2. The van der Waals surface area contributed by atoms with Crippen LogP contribution < -0.4 is 0 Å². The summed E-state index contributed by atoms with van der Waals surface area (Å²) in [7, 11) is 0. The molecule has 3 unspecified atom stereocenters. The standard InChI is InChI=1S/C18H27NO2/c1-14(20)17(15(2)21)13-18(16-9-5-3-6-10-16)19-11-7-4-8-12-19/h3,5-6,9-10,14,17-18,20H,4,7-8,11-13H2,1-2H3. The van der Waals surface area contributed by atoms with Gasteiger partial charge in [-0.3, -0.25) is 9.69 Å². The van der Waals surface area contributed by atoms with Crippen molar-refractivity contribution in [3.05, 3.63) is 35.9 Å². The van der Waals surface area contributed by atoms with Crippen LogP contribution in [0.3, 0.4) is 0 Å². The fraction of sp³-hybridized carbons (Fsp3) is 0.611. The number of hydrogen-bond acceptors (Lipinski definition) is 3. The Morgan fingerprint density at radius 2 is 1.81 bits per heavy atom. The maximum Gasteiger partial charge on any atom is 0.135 e. The van der Waals surface area contributed by atoms with E-state index in [0.29, 0.717) is 6.42 Å². The topological polar surface area (TPSA) is 40.5 Å². The molecule has 1 aliphatic rings. The van der Waals surface area contributed by atoms with E-state index in [9.17, 15) is 9.90 Å². The number of Topliss-reactive ketones (excluding diaryl/α,β-unsaturated/α-hetero) is 1. The van der Waals surface area contributed by atoms with Crippen LogP contribution in [-0.2, 0) is 4.79 Å². The number of rotatable bonds is 6. The highest BCUT2D eigenvalue weighted by Gasteiger charge is 2.29. The first-order valence-electron chi connectivity index (χ1n) is 8.07. The Morgan fingerprint density at radius 3 is 2.33 bits per heavy atom. The van der Waals surface area contributed by atoms with Crippen LogP contribution in [0, 0.1) is 5.92 Å². The third kappa shape index (κ3) is 4.39. The van der Waals surface area contributed by atoms with Crippen molar-refractivity contribution in [2.45, 2.75) is 51.7 Å². The molecule has 3 nitrogen and oxygen atoms in total. The molecule has 3 atom stereocenters. The van der Waals surface area contributed by atoms with Gasteiger partial charge in [-0.25, -0.2) is 0 Å². The summed E-state index contributed by atoms with van der Waals surface area (Å²) in [5, 5.41) is 9.94. The predicted molar refractivity (Wildman–Crippen MR) is 85.1 cm³/mol. The minimum atomic E-state index is -0.585. The van der Waals surface area contributed by atoms with E-state index in [1.165, 1.54) is 24.8 Å². The van der Waals surface area contributed by atoms with Crippen LogP contribution in [0.2, 0.25) is 0 Å². The lowest BCUT2D eigenvalue weighted by atomic mass is 9.87. The van der Waals surface area contributed by atoms with Crippen molar-refractivity contribution < 1.29 is 9.90 Å². The number of carbonyl (C=O) groups excluding carboxylic acids is 1. The van der Waals surface area contributed by atoms with Crippen molar-refractivity contribution >= 4 is 5.78 Å². The van der Waals surface area contributed by atoms with E-state index in [2.05, 4.69) is 29.2 Å². The monoisotopic (exact) mass is 289 g/mol. The van der Waals surface area contributed by atoms with Gasteiger partial charge in [-0.15, -0.1) is 0 Å².